The smallest absolute Gasteiger partial charge is 0.248 e. The van der Waals surface area contributed by atoms with Gasteiger partial charge in [-0.15, -0.1) is 0 Å². The normalized spacial score (nSPS) is 12.5. The lowest BCUT2D eigenvalue weighted by Gasteiger charge is -2.28. The van der Waals surface area contributed by atoms with Crippen LogP contribution in [0.2, 0.25) is 5.02 Å². The summed E-state index contributed by atoms with van der Waals surface area (Å²) in [6, 6.07) is 11.1. The van der Waals surface area contributed by atoms with E-state index in [2.05, 4.69) is 5.32 Å². The minimum absolute atomic E-state index is 0.385. The van der Waals surface area contributed by atoms with E-state index < -0.39 is 22.0 Å². The maximum absolute atomic E-state index is 12.7. The number of para-hydroxylation sites is 1. The van der Waals surface area contributed by atoms with Crippen LogP contribution in [0.4, 0.5) is 11.4 Å². The second kappa shape index (κ2) is 7.45. The molecule has 2 aromatic rings. The number of carbonyl (C=O) groups is 1. The first-order valence-electron chi connectivity index (χ1n) is 7.73. The minimum atomic E-state index is -3.66. The lowest BCUT2D eigenvalue weighted by molar-refractivity contribution is -0.116. The number of rotatable bonds is 5. The highest BCUT2D eigenvalue weighted by Crippen LogP contribution is 2.25. The van der Waals surface area contributed by atoms with Crippen molar-refractivity contribution < 1.29 is 13.2 Å². The number of nitrogens with zero attached hydrogens (tertiary/aromatic N) is 1. The molecule has 2 rings (SSSR count). The fourth-order valence-electron chi connectivity index (χ4n) is 2.64. The van der Waals surface area contributed by atoms with Crippen molar-refractivity contribution in [3.05, 3.63) is 58.6 Å². The molecule has 0 aromatic heterocycles. The highest BCUT2D eigenvalue weighted by molar-refractivity contribution is 7.92. The van der Waals surface area contributed by atoms with Crippen LogP contribution in [-0.4, -0.2) is 26.6 Å². The molecule has 2 aromatic carbocycles. The summed E-state index contributed by atoms with van der Waals surface area (Å²) in [7, 11) is -3.66. The maximum atomic E-state index is 12.7. The van der Waals surface area contributed by atoms with E-state index in [0.717, 1.165) is 21.7 Å². The Bertz CT molecular complexity index is 859. The Kier molecular flexibility index (Phi) is 5.75. The summed E-state index contributed by atoms with van der Waals surface area (Å²) in [5, 5.41) is 3.33. The number of aryl methyl sites for hydroxylation is 2. The summed E-state index contributed by atoms with van der Waals surface area (Å²) >= 11 is 5.87. The van der Waals surface area contributed by atoms with Gasteiger partial charge in [0.05, 0.1) is 11.9 Å². The third-order valence-corrected chi connectivity index (χ3v) is 5.39. The van der Waals surface area contributed by atoms with Crippen LogP contribution in [0.1, 0.15) is 18.1 Å². The SMILES string of the molecule is Cc1cccc(C)c1NC(=O)C(C)N(c1ccc(Cl)cc1)S(C)(=O)=O. The summed E-state index contributed by atoms with van der Waals surface area (Å²) in [6.07, 6.45) is 1.07. The van der Waals surface area contributed by atoms with Crippen LogP contribution in [0.3, 0.4) is 0 Å². The van der Waals surface area contributed by atoms with Crippen LogP contribution in [0.25, 0.3) is 0 Å². The zero-order chi connectivity index (χ0) is 18.8. The number of benzene rings is 2. The van der Waals surface area contributed by atoms with E-state index in [1.165, 1.54) is 0 Å². The molecule has 1 amide bonds. The van der Waals surface area contributed by atoms with Crippen LogP contribution in [-0.2, 0) is 14.8 Å². The molecular weight excluding hydrogens is 360 g/mol. The standard InChI is InChI=1S/C18H21ClN2O3S/c1-12-6-5-7-13(2)17(12)20-18(22)14(3)21(25(4,23)24)16-10-8-15(19)9-11-16/h5-11,14H,1-4H3,(H,20,22). The van der Waals surface area contributed by atoms with Gasteiger partial charge in [-0.3, -0.25) is 9.10 Å². The Morgan fingerprint density at radius 1 is 1.08 bits per heavy atom. The lowest BCUT2D eigenvalue weighted by atomic mass is 10.1. The molecule has 0 radical (unpaired) electrons. The summed E-state index contributed by atoms with van der Waals surface area (Å²) < 4.78 is 25.6. The Hall–Kier alpha value is -2.05. The van der Waals surface area contributed by atoms with Gasteiger partial charge in [-0.25, -0.2) is 8.42 Å². The first-order chi connectivity index (χ1) is 11.6. The topological polar surface area (TPSA) is 66.5 Å². The van der Waals surface area contributed by atoms with E-state index >= 15 is 0 Å². The first-order valence-corrected chi connectivity index (χ1v) is 9.96. The van der Waals surface area contributed by atoms with Crippen molar-refractivity contribution in [2.75, 3.05) is 15.9 Å². The molecule has 5 nitrogen and oxygen atoms in total. The van der Waals surface area contributed by atoms with Gasteiger partial charge in [0.25, 0.3) is 0 Å². The van der Waals surface area contributed by atoms with Crippen molar-refractivity contribution in [3.8, 4) is 0 Å². The van der Waals surface area contributed by atoms with Gasteiger partial charge < -0.3 is 5.32 Å². The molecule has 1 atom stereocenters. The number of hydrogen-bond acceptors (Lipinski definition) is 3. The third kappa shape index (κ3) is 4.52. The average Bonchev–Trinajstić information content (AvgIpc) is 2.51. The van der Waals surface area contributed by atoms with E-state index in [0.29, 0.717) is 16.4 Å². The molecule has 1 N–H and O–H groups in total. The van der Waals surface area contributed by atoms with E-state index in [1.54, 1.807) is 31.2 Å². The van der Waals surface area contributed by atoms with Crippen molar-refractivity contribution in [3.63, 3.8) is 0 Å². The fourth-order valence-corrected chi connectivity index (χ4v) is 3.94. The van der Waals surface area contributed by atoms with Crippen molar-refractivity contribution in [1.82, 2.24) is 0 Å². The molecule has 0 saturated carbocycles. The molecular formula is C18H21ClN2O3S. The molecule has 0 saturated heterocycles. The molecule has 0 heterocycles. The van der Waals surface area contributed by atoms with Gasteiger partial charge in [0.2, 0.25) is 15.9 Å². The molecule has 134 valence electrons. The Labute approximate surface area is 153 Å². The van der Waals surface area contributed by atoms with Crippen LogP contribution in [0.5, 0.6) is 0 Å². The summed E-state index contributed by atoms with van der Waals surface area (Å²) in [5.74, 6) is -0.405. The predicted molar refractivity (Wildman–Crippen MR) is 103 cm³/mol. The number of amides is 1. The summed E-state index contributed by atoms with van der Waals surface area (Å²) in [5.41, 5.74) is 2.91. The molecule has 0 aliphatic rings. The molecule has 0 aliphatic heterocycles. The number of hydrogen-bond donors (Lipinski definition) is 1. The van der Waals surface area contributed by atoms with Crippen LogP contribution < -0.4 is 9.62 Å². The number of nitrogens with one attached hydrogen (secondary N) is 1. The van der Waals surface area contributed by atoms with Crippen molar-refractivity contribution >= 4 is 38.9 Å². The van der Waals surface area contributed by atoms with Crippen LogP contribution >= 0.6 is 11.6 Å². The van der Waals surface area contributed by atoms with E-state index in [9.17, 15) is 13.2 Å². The van der Waals surface area contributed by atoms with Crippen LogP contribution in [0.15, 0.2) is 42.5 Å². The van der Waals surface area contributed by atoms with Gasteiger partial charge in [0.1, 0.15) is 6.04 Å². The van der Waals surface area contributed by atoms with Gasteiger partial charge in [-0.2, -0.15) is 0 Å². The van der Waals surface area contributed by atoms with Crippen molar-refractivity contribution in [2.45, 2.75) is 26.8 Å². The fraction of sp³-hybridized carbons (Fsp3) is 0.278. The monoisotopic (exact) mass is 380 g/mol. The number of carbonyl (C=O) groups excluding carboxylic acids is 1. The zero-order valence-electron chi connectivity index (χ0n) is 14.6. The second-order valence-electron chi connectivity index (χ2n) is 5.97. The Balaban J connectivity index is 2.35. The molecule has 7 heteroatoms. The molecule has 0 fully saturated rings. The molecule has 1 unspecified atom stereocenters. The van der Waals surface area contributed by atoms with Gasteiger partial charge >= 0.3 is 0 Å². The second-order valence-corrected chi connectivity index (χ2v) is 8.26. The highest BCUT2D eigenvalue weighted by atomic mass is 35.5. The van der Waals surface area contributed by atoms with E-state index in [4.69, 9.17) is 11.6 Å². The van der Waals surface area contributed by atoms with E-state index in [1.807, 2.05) is 32.0 Å². The lowest BCUT2D eigenvalue weighted by Crippen LogP contribution is -2.45. The van der Waals surface area contributed by atoms with Crippen molar-refractivity contribution in [1.29, 1.82) is 0 Å². The van der Waals surface area contributed by atoms with Crippen LogP contribution in [0, 0.1) is 13.8 Å². The largest absolute Gasteiger partial charge is 0.324 e. The summed E-state index contributed by atoms with van der Waals surface area (Å²) in [6.45, 7) is 5.33. The van der Waals surface area contributed by atoms with Gasteiger partial charge in [-0.1, -0.05) is 29.8 Å². The molecule has 0 bridgehead atoms. The van der Waals surface area contributed by atoms with Gasteiger partial charge in [-0.05, 0) is 56.2 Å². The third-order valence-electron chi connectivity index (χ3n) is 3.90. The number of anilines is 2. The molecule has 0 aliphatic carbocycles. The minimum Gasteiger partial charge on any atom is -0.324 e. The zero-order valence-corrected chi connectivity index (χ0v) is 16.1. The Morgan fingerprint density at radius 2 is 1.60 bits per heavy atom. The van der Waals surface area contributed by atoms with Crippen molar-refractivity contribution in [2.24, 2.45) is 0 Å². The van der Waals surface area contributed by atoms with Gasteiger partial charge in [0, 0.05) is 10.7 Å². The number of halogens is 1. The maximum Gasteiger partial charge on any atom is 0.248 e. The van der Waals surface area contributed by atoms with E-state index in [-0.39, 0.29) is 0 Å². The Morgan fingerprint density at radius 3 is 2.08 bits per heavy atom. The first kappa shape index (κ1) is 19.3. The average molecular weight is 381 g/mol. The highest BCUT2D eigenvalue weighted by Gasteiger charge is 2.29. The quantitative estimate of drug-likeness (QED) is 0.858. The molecule has 25 heavy (non-hydrogen) atoms. The van der Waals surface area contributed by atoms with Gasteiger partial charge in [0.15, 0.2) is 0 Å². The number of sulfonamides is 1. The summed E-state index contributed by atoms with van der Waals surface area (Å²) in [4.78, 5) is 12.7. The molecule has 0 spiro atoms. The predicted octanol–water partition coefficient (Wildman–Crippen LogP) is 3.75.